The van der Waals surface area contributed by atoms with Gasteiger partial charge in [-0.15, -0.1) is 0 Å². The SMILES string of the molecule is O=C(CNc1ccc(Oc2ccccc2)cc1)Nc1ccc(C(=O)NCC2CCCO2)cc1. The Morgan fingerprint density at radius 3 is 2.27 bits per heavy atom. The van der Waals surface area contributed by atoms with Crippen molar-refractivity contribution in [1.82, 2.24) is 5.32 Å². The first-order valence-electron chi connectivity index (χ1n) is 11.0. The molecular weight excluding hydrogens is 418 g/mol. The number of rotatable bonds is 9. The van der Waals surface area contributed by atoms with E-state index in [1.807, 2.05) is 54.6 Å². The molecule has 1 aliphatic heterocycles. The number of benzene rings is 3. The molecule has 3 N–H and O–H groups in total. The first kappa shape index (κ1) is 22.4. The molecule has 7 nitrogen and oxygen atoms in total. The van der Waals surface area contributed by atoms with E-state index in [4.69, 9.17) is 9.47 Å². The summed E-state index contributed by atoms with van der Waals surface area (Å²) < 4.78 is 11.3. The van der Waals surface area contributed by atoms with Gasteiger partial charge in [-0.05, 0) is 73.5 Å². The Balaban J connectivity index is 1.20. The lowest BCUT2D eigenvalue weighted by Gasteiger charge is -2.11. The van der Waals surface area contributed by atoms with Gasteiger partial charge < -0.3 is 25.4 Å². The summed E-state index contributed by atoms with van der Waals surface area (Å²) in [5, 5.41) is 8.79. The minimum absolute atomic E-state index is 0.104. The van der Waals surface area contributed by atoms with E-state index in [1.165, 1.54) is 0 Å². The summed E-state index contributed by atoms with van der Waals surface area (Å²) >= 11 is 0. The third-order valence-corrected chi connectivity index (χ3v) is 5.23. The molecule has 1 unspecified atom stereocenters. The minimum Gasteiger partial charge on any atom is -0.457 e. The van der Waals surface area contributed by atoms with E-state index in [-0.39, 0.29) is 24.5 Å². The zero-order valence-electron chi connectivity index (χ0n) is 18.3. The van der Waals surface area contributed by atoms with E-state index in [9.17, 15) is 9.59 Å². The van der Waals surface area contributed by atoms with Gasteiger partial charge in [0.25, 0.3) is 5.91 Å². The molecule has 0 saturated carbocycles. The van der Waals surface area contributed by atoms with Gasteiger partial charge in [0.15, 0.2) is 0 Å². The van der Waals surface area contributed by atoms with Gasteiger partial charge in [0.1, 0.15) is 11.5 Å². The average molecular weight is 446 g/mol. The smallest absolute Gasteiger partial charge is 0.251 e. The van der Waals surface area contributed by atoms with Gasteiger partial charge in [-0.1, -0.05) is 18.2 Å². The summed E-state index contributed by atoms with van der Waals surface area (Å²) in [7, 11) is 0. The molecule has 170 valence electrons. The molecule has 7 heteroatoms. The molecule has 0 radical (unpaired) electrons. The topological polar surface area (TPSA) is 88.7 Å². The Hall–Kier alpha value is -3.84. The minimum atomic E-state index is -0.185. The van der Waals surface area contributed by atoms with Gasteiger partial charge in [0.05, 0.1) is 12.6 Å². The van der Waals surface area contributed by atoms with Crippen molar-refractivity contribution in [2.45, 2.75) is 18.9 Å². The Morgan fingerprint density at radius 1 is 0.879 bits per heavy atom. The molecule has 1 fully saturated rings. The first-order valence-corrected chi connectivity index (χ1v) is 11.0. The van der Waals surface area contributed by atoms with Crippen LogP contribution in [0.5, 0.6) is 11.5 Å². The predicted molar refractivity (Wildman–Crippen MR) is 128 cm³/mol. The van der Waals surface area contributed by atoms with Crippen molar-refractivity contribution in [3.8, 4) is 11.5 Å². The molecule has 0 aromatic heterocycles. The fraction of sp³-hybridized carbons (Fsp3) is 0.231. The van der Waals surface area contributed by atoms with E-state index in [0.29, 0.717) is 17.8 Å². The number of carbonyl (C=O) groups is 2. The molecular formula is C26H27N3O4. The average Bonchev–Trinajstić information content (AvgIpc) is 3.37. The number of hydrogen-bond donors (Lipinski definition) is 3. The molecule has 0 bridgehead atoms. The Kier molecular flexibility index (Phi) is 7.56. The second-order valence-corrected chi connectivity index (χ2v) is 7.76. The van der Waals surface area contributed by atoms with Crippen LogP contribution in [-0.2, 0) is 9.53 Å². The lowest BCUT2D eigenvalue weighted by Crippen LogP contribution is -2.31. The molecule has 4 rings (SSSR count). The second-order valence-electron chi connectivity index (χ2n) is 7.76. The number of anilines is 2. The number of ether oxygens (including phenoxy) is 2. The molecule has 3 aromatic carbocycles. The van der Waals surface area contributed by atoms with Crippen LogP contribution in [0.3, 0.4) is 0 Å². The molecule has 0 aliphatic carbocycles. The molecule has 3 aromatic rings. The zero-order valence-corrected chi connectivity index (χ0v) is 18.3. The van der Waals surface area contributed by atoms with Crippen LogP contribution in [-0.4, -0.2) is 37.6 Å². The molecule has 33 heavy (non-hydrogen) atoms. The van der Waals surface area contributed by atoms with Crippen molar-refractivity contribution in [3.63, 3.8) is 0 Å². The molecule has 1 atom stereocenters. The number of carbonyl (C=O) groups excluding carboxylic acids is 2. The van der Waals surface area contributed by atoms with Crippen LogP contribution < -0.4 is 20.7 Å². The van der Waals surface area contributed by atoms with Crippen molar-refractivity contribution in [1.29, 1.82) is 0 Å². The van der Waals surface area contributed by atoms with E-state index in [2.05, 4.69) is 16.0 Å². The van der Waals surface area contributed by atoms with E-state index < -0.39 is 0 Å². The lowest BCUT2D eigenvalue weighted by atomic mass is 10.2. The number of amides is 2. The van der Waals surface area contributed by atoms with Crippen LogP contribution >= 0.6 is 0 Å². The fourth-order valence-electron chi connectivity index (χ4n) is 3.47. The zero-order chi connectivity index (χ0) is 22.9. The lowest BCUT2D eigenvalue weighted by molar-refractivity contribution is -0.114. The molecule has 0 spiro atoms. The van der Waals surface area contributed by atoms with Crippen LogP contribution in [0.2, 0.25) is 0 Å². The number of hydrogen-bond acceptors (Lipinski definition) is 5. The maximum atomic E-state index is 12.3. The van der Waals surface area contributed by atoms with E-state index in [1.54, 1.807) is 24.3 Å². The van der Waals surface area contributed by atoms with Gasteiger partial charge in [-0.3, -0.25) is 9.59 Å². The van der Waals surface area contributed by atoms with Crippen molar-refractivity contribution in [2.24, 2.45) is 0 Å². The highest BCUT2D eigenvalue weighted by molar-refractivity contribution is 5.96. The second kappa shape index (κ2) is 11.2. The van der Waals surface area contributed by atoms with Crippen molar-refractivity contribution >= 4 is 23.2 Å². The normalized spacial score (nSPS) is 15.0. The highest BCUT2D eigenvalue weighted by atomic mass is 16.5. The molecule has 1 saturated heterocycles. The Labute approximate surface area is 193 Å². The van der Waals surface area contributed by atoms with E-state index in [0.717, 1.165) is 36.6 Å². The third kappa shape index (κ3) is 6.82. The Bertz CT molecular complexity index is 1050. The molecule has 1 heterocycles. The first-order chi connectivity index (χ1) is 16.2. The maximum Gasteiger partial charge on any atom is 0.251 e. The summed E-state index contributed by atoms with van der Waals surface area (Å²) in [5.41, 5.74) is 1.98. The van der Waals surface area contributed by atoms with Crippen LogP contribution in [0.1, 0.15) is 23.2 Å². The predicted octanol–water partition coefficient (Wildman–Crippen LogP) is 4.44. The van der Waals surface area contributed by atoms with Gasteiger partial charge >= 0.3 is 0 Å². The van der Waals surface area contributed by atoms with Crippen LogP contribution in [0.4, 0.5) is 11.4 Å². The number of para-hydroxylation sites is 1. The summed E-state index contributed by atoms with van der Waals surface area (Å²) in [6.07, 6.45) is 2.12. The summed E-state index contributed by atoms with van der Waals surface area (Å²) in [6, 6.07) is 23.8. The van der Waals surface area contributed by atoms with Crippen molar-refractivity contribution in [2.75, 3.05) is 30.3 Å². The fourth-order valence-corrected chi connectivity index (χ4v) is 3.47. The highest BCUT2D eigenvalue weighted by Crippen LogP contribution is 2.22. The van der Waals surface area contributed by atoms with Crippen molar-refractivity contribution in [3.05, 3.63) is 84.4 Å². The monoisotopic (exact) mass is 445 g/mol. The summed E-state index contributed by atoms with van der Waals surface area (Å²) in [6.45, 7) is 1.39. The largest absolute Gasteiger partial charge is 0.457 e. The van der Waals surface area contributed by atoms with Gasteiger partial charge in [-0.2, -0.15) is 0 Å². The van der Waals surface area contributed by atoms with Crippen molar-refractivity contribution < 1.29 is 19.1 Å². The van der Waals surface area contributed by atoms with Gasteiger partial charge in [-0.25, -0.2) is 0 Å². The maximum absolute atomic E-state index is 12.3. The molecule has 2 amide bonds. The van der Waals surface area contributed by atoms with Crippen LogP contribution in [0.25, 0.3) is 0 Å². The van der Waals surface area contributed by atoms with E-state index >= 15 is 0 Å². The summed E-state index contributed by atoms with van der Waals surface area (Å²) in [4.78, 5) is 24.5. The van der Waals surface area contributed by atoms with Crippen LogP contribution in [0, 0.1) is 0 Å². The molecule has 1 aliphatic rings. The number of nitrogens with one attached hydrogen (secondary N) is 3. The Morgan fingerprint density at radius 2 is 1.58 bits per heavy atom. The summed E-state index contributed by atoms with van der Waals surface area (Å²) in [5.74, 6) is 1.15. The third-order valence-electron chi connectivity index (χ3n) is 5.23. The quantitative estimate of drug-likeness (QED) is 0.453. The van der Waals surface area contributed by atoms with Gasteiger partial charge in [0, 0.05) is 30.1 Å². The highest BCUT2D eigenvalue weighted by Gasteiger charge is 2.16. The van der Waals surface area contributed by atoms with Crippen LogP contribution in [0.15, 0.2) is 78.9 Å². The standard InChI is InChI=1S/C26H27N3O4/c30-25(18-27-20-12-14-23(15-13-20)33-22-5-2-1-3-6-22)29-21-10-8-19(9-11-21)26(31)28-17-24-7-4-16-32-24/h1-3,5-6,8-15,24,27H,4,7,16-18H2,(H,28,31)(H,29,30). The van der Waals surface area contributed by atoms with Gasteiger partial charge in [0.2, 0.25) is 5.91 Å².